The third-order valence-electron chi connectivity index (χ3n) is 1.03. The van der Waals surface area contributed by atoms with Gasteiger partial charge in [-0.1, -0.05) is 11.0 Å². The van der Waals surface area contributed by atoms with Crippen molar-refractivity contribution in [1.29, 1.82) is 0 Å². The standard InChI is InChI=1S/C7H6N4S/c1-6-5-9-7(12-6)3-2-4-10-11-8/h5H,4H2,1H3. The van der Waals surface area contributed by atoms with E-state index in [1.807, 2.05) is 6.92 Å². The smallest absolute Gasteiger partial charge is 0.167 e. The highest BCUT2D eigenvalue weighted by molar-refractivity contribution is 7.12. The molecule has 0 saturated carbocycles. The first-order chi connectivity index (χ1) is 5.83. The van der Waals surface area contributed by atoms with E-state index in [0.29, 0.717) is 0 Å². The van der Waals surface area contributed by atoms with Gasteiger partial charge in [-0.3, -0.25) is 0 Å². The summed E-state index contributed by atoms with van der Waals surface area (Å²) in [6.45, 7) is 2.17. The Kier molecular flexibility index (Phi) is 3.15. The number of thiazole rings is 1. The molecule has 0 radical (unpaired) electrons. The van der Waals surface area contributed by atoms with Crippen molar-refractivity contribution in [3.63, 3.8) is 0 Å². The van der Waals surface area contributed by atoms with Crippen molar-refractivity contribution in [3.05, 3.63) is 26.5 Å². The molecule has 0 bridgehead atoms. The van der Waals surface area contributed by atoms with Crippen LogP contribution < -0.4 is 0 Å². The van der Waals surface area contributed by atoms with Gasteiger partial charge in [0.1, 0.15) is 0 Å². The number of aryl methyl sites for hydroxylation is 1. The van der Waals surface area contributed by atoms with Crippen LogP contribution in [0.2, 0.25) is 0 Å². The summed E-state index contributed by atoms with van der Waals surface area (Å²) in [7, 11) is 0. The summed E-state index contributed by atoms with van der Waals surface area (Å²) in [6, 6.07) is 0. The average Bonchev–Trinajstić information content (AvgIpc) is 2.45. The molecule has 1 aromatic heterocycles. The van der Waals surface area contributed by atoms with Gasteiger partial charge in [-0.25, -0.2) is 4.98 Å². The van der Waals surface area contributed by atoms with E-state index in [1.165, 1.54) is 11.3 Å². The molecular formula is C7H6N4S. The Hall–Kier alpha value is -1.50. The maximum atomic E-state index is 7.95. The zero-order valence-corrected chi connectivity index (χ0v) is 7.30. The molecule has 0 spiro atoms. The first-order valence-electron chi connectivity index (χ1n) is 3.25. The molecule has 12 heavy (non-hydrogen) atoms. The van der Waals surface area contributed by atoms with Gasteiger partial charge in [0.2, 0.25) is 0 Å². The Morgan fingerprint density at radius 2 is 2.67 bits per heavy atom. The van der Waals surface area contributed by atoms with E-state index in [-0.39, 0.29) is 6.54 Å². The van der Waals surface area contributed by atoms with Gasteiger partial charge < -0.3 is 0 Å². The number of azide groups is 1. The molecule has 0 atom stereocenters. The Bertz CT molecular complexity index is 364. The molecule has 0 saturated heterocycles. The number of nitrogens with zero attached hydrogens (tertiary/aromatic N) is 4. The van der Waals surface area contributed by atoms with Crippen molar-refractivity contribution in [1.82, 2.24) is 4.98 Å². The quantitative estimate of drug-likeness (QED) is 0.281. The Balaban J connectivity index is 2.60. The minimum atomic E-state index is 0.203. The summed E-state index contributed by atoms with van der Waals surface area (Å²) in [5.74, 6) is 5.49. The highest BCUT2D eigenvalue weighted by Crippen LogP contribution is 2.08. The summed E-state index contributed by atoms with van der Waals surface area (Å²) in [6.07, 6.45) is 1.77. The van der Waals surface area contributed by atoms with Crippen molar-refractivity contribution in [2.24, 2.45) is 5.11 Å². The molecule has 0 unspecified atom stereocenters. The summed E-state index contributed by atoms with van der Waals surface area (Å²) in [5.41, 5.74) is 7.95. The van der Waals surface area contributed by atoms with Gasteiger partial charge in [-0.15, -0.1) is 11.3 Å². The second-order valence-electron chi connectivity index (χ2n) is 1.97. The number of aromatic nitrogens is 1. The van der Waals surface area contributed by atoms with Crippen molar-refractivity contribution in [3.8, 4) is 11.8 Å². The van der Waals surface area contributed by atoms with E-state index in [2.05, 4.69) is 26.9 Å². The number of rotatable bonds is 1. The molecule has 1 rings (SSSR count). The molecule has 5 heteroatoms. The van der Waals surface area contributed by atoms with Crippen LogP contribution in [0.15, 0.2) is 11.3 Å². The van der Waals surface area contributed by atoms with Gasteiger partial charge in [0.15, 0.2) is 5.01 Å². The molecule has 0 amide bonds. The Labute approximate surface area is 73.9 Å². The van der Waals surface area contributed by atoms with E-state index in [4.69, 9.17) is 5.53 Å². The van der Waals surface area contributed by atoms with Crippen LogP contribution in [0, 0.1) is 18.8 Å². The van der Waals surface area contributed by atoms with Crippen molar-refractivity contribution in [2.45, 2.75) is 6.92 Å². The molecule has 1 heterocycles. The largest absolute Gasteiger partial charge is 0.236 e. The summed E-state index contributed by atoms with van der Waals surface area (Å²) in [5, 5.41) is 4.04. The molecule has 0 N–H and O–H groups in total. The third kappa shape index (κ3) is 2.62. The van der Waals surface area contributed by atoms with Crippen LogP contribution in [0.3, 0.4) is 0 Å². The lowest BCUT2D eigenvalue weighted by atomic mass is 10.6. The molecule has 60 valence electrons. The van der Waals surface area contributed by atoms with E-state index >= 15 is 0 Å². The normalized spacial score (nSPS) is 8.08. The lowest BCUT2D eigenvalue weighted by molar-refractivity contribution is 1.25. The summed E-state index contributed by atoms with van der Waals surface area (Å²) < 4.78 is 0. The molecule has 0 aliphatic rings. The van der Waals surface area contributed by atoms with Crippen LogP contribution in [0.1, 0.15) is 9.88 Å². The van der Waals surface area contributed by atoms with Crippen LogP contribution in [-0.2, 0) is 0 Å². The second kappa shape index (κ2) is 4.39. The van der Waals surface area contributed by atoms with Crippen LogP contribution in [-0.4, -0.2) is 11.5 Å². The third-order valence-corrected chi connectivity index (χ3v) is 1.86. The number of hydrogen-bond acceptors (Lipinski definition) is 3. The predicted octanol–water partition coefficient (Wildman–Crippen LogP) is 2.11. The minimum absolute atomic E-state index is 0.203. The average molecular weight is 178 g/mol. The van der Waals surface area contributed by atoms with Crippen molar-refractivity contribution in [2.75, 3.05) is 6.54 Å². The van der Waals surface area contributed by atoms with Crippen LogP contribution in [0.25, 0.3) is 10.4 Å². The van der Waals surface area contributed by atoms with Gasteiger partial charge in [-0.2, -0.15) is 0 Å². The van der Waals surface area contributed by atoms with E-state index in [9.17, 15) is 0 Å². The van der Waals surface area contributed by atoms with Crippen LogP contribution in [0.4, 0.5) is 0 Å². The molecule has 0 aliphatic carbocycles. The lowest BCUT2D eigenvalue weighted by Crippen LogP contribution is -1.70. The molecule has 1 aromatic rings. The molecule has 0 fully saturated rings. The maximum absolute atomic E-state index is 7.95. The lowest BCUT2D eigenvalue weighted by Gasteiger charge is -1.73. The minimum Gasteiger partial charge on any atom is -0.236 e. The fourth-order valence-corrected chi connectivity index (χ4v) is 1.23. The zero-order valence-electron chi connectivity index (χ0n) is 6.48. The summed E-state index contributed by atoms with van der Waals surface area (Å²) >= 11 is 1.53. The Morgan fingerprint density at radius 1 is 1.83 bits per heavy atom. The van der Waals surface area contributed by atoms with E-state index in [0.717, 1.165) is 9.88 Å². The van der Waals surface area contributed by atoms with E-state index in [1.54, 1.807) is 6.20 Å². The molecule has 0 aliphatic heterocycles. The molecule has 0 aromatic carbocycles. The first kappa shape index (κ1) is 8.60. The fourth-order valence-electron chi connectivity index (χ4n) is 0.595. The predicted molar refractivity (Wildman–Crippen MR) is 47.7 cm³/mol. The van der Waals surface area contributed by atoms with Gasteiger partial charge in [0.05, 0.1) is 6.54 Å². The first-order valence-corrected chi connectivity index (χ1v) is 4.07. The second-order valence-corrected chi connectivity index (χ2v) is 3.20. The molecular weight excluding hydrogens is 172 g/mol. The number of hydrogen-bond donors (Lipinski definition) is 0. The van der Waals surface area contributed by atoms with Crippen LogP contribution >= 0.6 is 11.3 Å². The topological polar surface area (TPSA) is 61.7 Å². The monoisotopic (exact) mass is 178 g/mol. The SMILES string of the molecule is Cc1cnc(C#CCN=[N+]=[N-])s1. The van der Waals surface area contributed by atoms with Crippen molar-refractivity contribution < 1.29 is 0 Å². The van der Waals surface area contributed by atoms with Crippen molar-refractivity contribution >= 4 is 11.3 Å². The van der Waals surface area contributed by atoms with Crippen LogP contribution in [0.5, 0.6) is 0 Å². The van der Waals surface area contributed by atoms with Gasteiger partial charge in [0.25, 0.3) is 0 Å². The zero-order chi connectivity index (χ0) is 8.81. The highest BCUT2D eigenvalue weighted by Gasteiger charge is 1.90. The fraction of sp³-hybridized carbons (Fsp3) is 0.286. The highest BCUT2D eigenvalue weighted by atomic mass is 32.1. The van der Waals surface area contributed by atoms with Gasteiger partial charge >= 0.3 is 0 Å². The Morgan fingerprint density at radius 3 is 3.25 bits per heavy atom. The molecule has 4 nitrogen and oxygen atoms in total. The summed E-state index contributed by atoms with van der Waals surface area (Å²) in [4.78, 5) is 7.73. The van der Waals surface area contributed by atoms with Gasteiger partial charge in [-0.05, 0) is 18.4 Å². The maximum Gasteiger partial charge on any atom is 0.167 e. The van der Waals surface area contributed by atoms with Gasteiger partial charge in [0, 0.05) is 16.0 Å². The van der Waals surface area contributed by atoms with E-state index < -0.39 is 0 Å².